The summed E-state index contributed by atoms with van der Waals surface area (Å²) in [5.74, 6) is 1.23. The fourth-order valence-corrected chi connectivity index (χ4v) is 7.26. The number of nitrogens with zero attached hydrogens (tertiary/aromatic N) is 2. The summed E-state index contributed by atoms with van der Waals surface area (Å²) < 4.78 is 8.79. The molecule has 1 aliphatic rings. The van der Waals surface area contributed by atoms with Crippen molar-refractivity contribution in [2.75, 3.05) is 0 Å². The first-order valence-corrected chi connectivity index (χ1v) is 15.7. The average molecular weight is 629 g/mol. The number of para-hydroxylation sites is 1. The molecule has 0 aliphatic heterocycles. The monoisotopic (exact) mass is 627 g/mol. The van der Waals surface area contributed by atoms with Crippen molar-refractivity contribution in [2.45, 2.75) is 53.1 Å². The van der Waals surface area contributed by atoms with Crippen LogP contribution in [0.1, 0.15) is 64.9 Å². The molecule has 1 aliphatic carbocycles. The van der Waals surface area contributed by atoms with Gasteiger partial charge in [-0.3, -0.25) is 4.79 Å². The molecule has 3 heterocycles. The largest absolute Gasteiger partial charge is 0.467 e. The summed E-state index contributed by atoms with van der Waals surface area (Å²) in [6.07, 6.45) is 8.70. The lowest BCUT2D eigenvalue weighted by molar-refractivity contribution is 0.0947. The van der Waals surface area contributed by atoms with Crippen molar-refractivity contribution in [2.24, 2.45) is 16.3 Å². The highest BCUT2D eigenvalue weighted by atomic mass is 79.9. The van der Waals surface area contributed by atoms with Gasteiger partial charge in [-0.15, -0.1) is 11.3 Å². The molecule has 3 aromatic heterocycles. The number of hydrogen-bond donors (Lipinski definition) is 1. The number of fused-ring (bicyclic) bond motifs is 2. The van der Waals surface area contributed by atoms with Crippen LogP contribution in [-0.2, 0) is 25.9 Å². The first-order chi connectivity index (χ1) is 19.8. The third-order valence-corrected chi connectivity index (χ3v) is 9.80. The van der Waals surface area contributed by atoms with Crippen LogP contribution in [0.15, 0.2) is 87.0 Å². The van der Waals surface area contributed by atoms with Gasteiger partial charge in [-0.05, 0) is 72.1 Å². The van der Waals surface area contributed by atoms with E-state index in [0.29, 0.717) is 12.5 Å². The maximum atomic E-state index is 13.6. The number of amides is 1. The van der Waals surface area contributed by atoms with Gasteiger partial charge in [-0.1, -0.05) is 67.0 Å². The molecule has 1 N–H and O–H groups in total. The Morgan fingerprint density at radius 1 is 1.15 bits per heavy atom. The molecule has 1 amide bonds. The third kappa shape index (κ3) is 5.97. The van der Waals surface area contributed by atoms with Crippen LogP contribution in [-0.4, -0.2) is 16.7 Å². The minimum Gasteiger partial charge on any atom is -0.467 e. The van der Waals surface area contributed by atoms with Crippen molar-refractivity contribution in [3.8, 4) is 0 Å². The van der Waals surface area contributed by atoms with Crippen LogP contribution in [0.4, 0.5) is 5.00 Å². The van der Waals surface area contributed by atoms with Crippen LogP contribution in [0.3, 0.4) is 0 Å². The standard InChI is InChI=1S/C34H34BrN3O2S/c1-34(2,3)24-12-15-28-30(17-24)41-33(31(28)32(39)36-19-26-7-6-16-40-26)37-18-23-21-38(29-9-5-4-8-27(23)29)20-22-10-13-25(35)14-11-22/h4-11,13-14,16,18,21,24H,12,15,17,19-20H2,1-3H3,(H,36,39)/t24-/m0/s1. The summed E-state index contributed by atoms with van der Waals surface area (Å²) in [5, 5.41) is 5.00. The molecule has 5 aromatic rings. The van der Waals surface area contributed by atoms with Gasteiger partial charge >= 0.3 is 0 Å². The highest BCUT2D eigenvalue weighted by Crippen LogP contribution is 2.45. The second-order valence-corrected chi connectivity index (χ2v) is 13.9. The molecule has 41 heavy (non-hydrogen) atoms. The van der Waals surface area contributed by atoms with E-state index in [1.807, 2.05) is 18.3 Å². The first kappa shape index (κ1) is 27.7. The zero-order valence-corrected chi connectivity index (χ0v) is 26.0. The summed E-state index contributed by atoms with van der Waals surface area (Å²) >= 11 is 5.21. The van der Waals surface area contributed by atoms with Gasteiger partial charge in [0.05, 0.1) is 18.4 Å². The van der Waals surface area contributed by atoms with Gasteiger partial charge in [0, 0.05) is 44.8 Å². The smallest absolute Gasteiger partial charge is 0.255 e. The van der Waals surface area contributed by atoms with Crippen LogP contribution < -0.4 is 5.32 Å². The fraction of sp³-hybridized carbons (Fsp3) is 0.294. The molecule has 0 spiro atoms. The van der Waals surface area contributed by atoms with Crippen LogP contribution in [0.25, 0.3) is 10.9 Å². The van der Waals surface area contributed by atoms with E-state index in [1.165, 1.54) is 10.4 Å². The summed E-state index contributed by atoms with van der Waals surface area (Å²) in [4.78, 5) is 19.9. The number of rotatable bonds is 7. The Morgan fingerprint density at radius 3 is 2.71 bits per heavy atom. The van der Waals surface area contributed by atoms with Crippen molar-refractivity contribution in [1.82, 2.24) is 9.88 Å². The molecule has 0 saturated heterocycles. The lowest BCUT2D eigenvalue weighted by Gasteiger charge is -2.33. The highest BCUT2D eigenvalue weighted by molar-refractivity contribution is 9.10. The number of furan rings is 1. The lowest BCUT2D eigenvalue weighted by atomic mass is 9.72. The Bertz CT molecular complexity index is 1710. The van der Waals surface area contributed by atoms with E-state index >= 15 is 0 Å². The molecule has 210 valence electrons. The van der Waals surface area contributed by atoms with Crippen LogP contribution in [0.5, 0.6) is 0 Å². The van der Waals surface area contributed by atoms with Crippen molar-refractivity contribution >= 4 is 55.3 Å². The molecule has 7 heteroatoms. The zero-order chi connectivity index (χ0) is 28.6. The normalized spacial score (nSPS) is 15.5. The van der Waals surface area contributed by atoms with E-state index in [4.69, 9.17) is 9.41 Å². The van der Waals surface area contributed by atoms with Crippen LogP contribution >= 0.6 is 27.3 Å². The summed E-state index contributed by atoms with van der Waals surface area (Å²) in [7, 11) is 0. The Labute approximate surface area is 253 Å². The molecule has 5 nitrogen and oxygen atoms in total. The van der Waals surface area contributed by atoms with Gasteiger partial charge in [0.1, 0.15) is 10.8 Å². The van der Waals surface area contributed by atoms with E-state index in [9.17, 15) is 4.79 Å². The van der Waals surface area contributed by atoms with E-state index < -0.39 is 0 Å². The highest BCUT2D eigenvalue weighted by Gasteiger charge is 2.33. The van der Waals surface area contributed by atoms with Crippen molar-refractivity contribution in [3.05, 3.63) is 110 Å². The SMILES string of the molecule is CC(C)(C)[C@H]1CCc2c(sc(N=Cc3cn(Cc4ccc(Br)cc4)c4ccccc34)c2C(=O)NCc2ccco2)C1. The van der Waals surface area contributed by atoms with E-state index in [0.717, 1.165) is 68.6 Å². The van der Waals surface area contributed by atoms with Gasteiger partial charge in [0.25, 0.3) is 5.91 Å². The minimum atomic E-state index is -0.0853. The van der Waals surface area contributed by atoms with Crippen molar-refractivity contribution < 1.29 is 9.21 Å². The molecular weight excluding hydrogens is 594 g/mol. The van der Waals surface area contributed by atoms with Gasteiger partial charge in [-0.2, -0.15) is 0 Å². The molecule has 0 bridgehead atoms. The van der Waals surface area contributed by atoms with Crippen LogP contribution in [0.2, 0.25) is 0 Å². The Kier molecular flexibility index (Phi) is 7.75. The number of aliphatic imine (C=N–C) groups is 1. The maximum Gasteiger partial charge on any atom is 0.255 e. The number of carbonyl (C=O) groups is 1. The second-order valence-electron chi connectivity index (χ2n) is 11.9. The van der Waals surface area contributed by atoms with Crippen molar-refractivity contribution in [1.29, 1.82) is 0 Å². The van der Waals surface area contributed by atoms with Crippen LogP contribution in [0, 0.1) is 11.3 Å². The number of halogens is 1. The van der Waals surface area contributed by atoms with Gasteiger partial charge in [0.15, 0.2) is 0 Å². The molecule has 0 saturated carbocycles. The molecule has 1 atom stereocenters. The van der Waals surface area contributed by atoms with Gasteiger partial charge < -0.3 is 14.3 Å². The molecular formula is C34H34BrN3O2S. The Balaban J connectivity index is 1.34. The molecule has 0 fully saturated rings. The van der Waals surface area contributed by atoms with Crippen molar-refractivity contribution in [3.63, 3.8) is 0 Å². The Hall–Kier alpha value is -3.42. The number of aromatic nitrogens is 1. The number of carbonyl (C=O) groups excluding carboxylic acids is 1. The number of thiophene rings is 1. The maximum absolute atomic E-state index is 13.6. The third-order valence-electron chi connectivity index (χ3n) is 8.11. The van der Waals surface area contributed by atoms with E-state index in [2.05, 4.69) is 101 Å². The number of nitrogens with one attached hydrogen (secondary N) is 1. The zero-order valence-electron chi connectivity index (χ0n) is 23.6. The quantitative estimate of drug-likeness (QED) is 0.183. The summed E-state index contributed by atoms with van der Waals surface area (Å²) in [5.41, 5.74) is 5.54. The molecule has 2 aromatic carbocycles. The van der Waals surface area contributed by atoms with Gasteiger partial charge in [0.2, 0.25) is 0 Å². The second kappa shape index (κ2) is 11.5. The summed E-state index contributed by atoms with van der Waals surface area (Å²) in [6.45, 7) is 8.07. The fourth-order valence-electron chi connectivity index (χ4n) is 5.73. The minimum absolute atomic E-state index is 0.0853. The first-order valence-electron chi connectivity index (χ1n) is 14.1. The van der Waals surface area contributed by atoms with E-state index in [1.54, 1.807) is 17.6 Å². The predicted octanol–water partition coefficient (Wildman–Crippen LogP) is 8.94. The predicted molar refractivity (Wildman–Crippen MR) is 172 cm³/mol. The number of hydrogen-bond acceptors (Lipinski definition) is 4. The topological polar surface area (TPSA) is 59.5 Å². The Morgan fingerprint density at radius 2 is 1.95 bits per heavy atom. The lowest BCUT2D eigenvalue weighted by Crippen LogP contribution is -2.28. The average Bonchev–Trinajstić information content (AvgIpc) is 3.69. The summed E-state index contributed by atoms with van der Waals surface area (Å²) in [6, 6.07) is 20.6. The molecule has 0 unspecified atom stereocenters. The number of benzene rings is 2. The van der Waals surface area contributed by atoms with E-state index in [-0.39, 0.29) is 11.3 Å². The molecule has 0 radical (unpaired) electrons. The molecule has 6 rings (SSSR count). The van der Waals surface area contributed by atoms with Gasteiger partial charge in [-0.25, -0.2) is 4.99 Å².